The Hall–Kier alpha value is -7.17. The van der Waals surface area contributed by atoms with Crippen molar-refractivity contribution in [1.29, 1.82) is 0 Å². The number of hydrogen-bond acceptors (Lipinski definition) is 2. The number of fused-ring (bicyclic) bond motifs is 12. The molecule has 246 valence electrons. The van der Waals surface area contributed by atoms with Crippen molar-refractivity contribution < 1.29 is 4.42 Å². The quantitative estimate of drug-likeness (QED) is 0.187. The first-order valence-corrected chi connectivity index (χ1v) is 18.1. The van der Waals surface area contributed by atoms with Crippen LogP contribution in [0.2, 0.25) is 0 Å². The predicted molar refractivity (Wildman–Crippen MR) is 221 cm³/mol. The molecule has 0 saturated carbocycles. The second kappa shape index (κ2) is 10.7. The molecule has 0 aliphatic rings. The zero-order chi connectivity index (χ0) is 34.6. The lowest BCUT2D eigenvalue weighted by Crippen LogP contribution is -1.97. The SMILES string of the molecule is c1ccc(-n2c3ccc(-c4ccc5c(c4)c4ccccc4n5-c4c5ccccc5nc5c4oc4ccccc45)cc3c3c4ccccc4ccc32)cc1. The molecule has 0 amide bonds. The van der Waals surface area contributed by atoms with Crippen LogP contribution in [0.1, 0.15) is 0 Å². The minimum atomic E-state index is 0.795. The fourth-order valence-corrected chi connectivity index (χ4v) is 8.76. The zero-order valence-corrected chi connectivity index (χ0v) is 28.5. The summed E-state index contributed by atoms with van der Waals surface area (Å²) < 4.78 is 11.4. The Morgan fingerprint density at radius 1 is 0.415 bits per heavy atom. The smallest absolute Gasteiger partial charge is 0.178 e. The van der Waals surface area contributed by atoms with Crippen LogP contribution in [-0.2, 0) is 0 Å². The molecule has 0 atom stereocenters. The molecule has 4 heteroatoms. The van der Waals surface area contributed by atoms with Crippen molar-refractivity contribution in [3.8, 4) is 22.5 Å². The van der Waals surface area contributed by atoms with E-state index >= 15 is 0 Å². The molecule has 0 fully saturated rings. The molecule has 0 unspecified atom stereocenters. The highest BCUT2D eigenvalue weighted by atomic mass is 16.3. The second-order valence-electron chi connectivity index (χ2n) is 13.9. The van der Waals surface area contributed by atoms with E-state index in [0.717, 1.165) is 55.4 Å². The highest BCUT2D eigenvalue weighted by Gasteiger charge is 2.22. The van der Waals surface area contributed by atoms with Crippen LogP contribution in [0, 0.1) is 0 Å². The van der Waals surface area contributed by atoms with E-state index in [1.54, 1.807) is 0 Å². The topological polar surface area (TPSA) is 35.9 Å². The van der Waals surface area contributed by atoms with Crippen LogP contribution in [0.5, 0.6) is 0 Å². The molecule has 4 heterocycles. The largest absolute Gasteiger partial charge is 0.452 e. The van der Waals surface area contributed by atoms with Gasteiger partial charge in [-0.1, -0.05) is 109 Å². The van der Waals surface area contributed by atoms with Gasteiger partial charge in [0.25, 0.3) is 0 Å². The average molecular weight is 676 g/mol. The molecule has 53 heavy (non-hydrogen) atoms. The van der Waals surface area contributed by atoms with Gasteiger partial charge in [0.2, 0.25) is 0 Å². The third kappa shape index (κ3) is 3.98. The van der Waals surface area contributed by atoms with Crippen LogP contribution in [0.25, 0.3) is 110 Å². The molecule has 12 aromatic rings. The molecule has 0 spiro atoms. The zero-order valence-electron chi connectivity index (χ0n) is 28.5. The van der Waals surface area contributed by atoms with Gasteiger partial charge in [0.15, 0.2) is 5.58 Å². The maximum atomic E-state index is 6.66. The van der Waals surface area contributed by atoms with Crippen LogP contribution < -0.4 is 0 Å². The molecule has 8 aromatic carbocycles. The summed E-state index contributed by atoms with van der Waals surface area (Å²) in [7, 11) is 0. The van der Waals surface area contributed by atoms with Crippen LogP contribution in [0.15, 0.2) is 180 Å². The van der Waals surface area contributed by atoms with E-state index in [1.807, 2.05) is 12.1 Å². The number of benzene rings is 8. The Balaban J connectivity index is 1.14. The third-order valence-electron chi connectivity index (χ3n) is 11.1. The molecular weight excluding hydrogens is 647 g/mol. The van der Waals surface area contributed by atoms with Gasteiger partial charge in [-0.05, 0) is 88.6 Å². The fraction of sp³-hybridized carbons (Fsp3) is 0. The second-order valence-corrected chi connectivity index (χ2v) is 13.9. The van der Waals surface area contributed by atoms with Gasteiger partial charge in [-0.3, -0.25) is 0 Å². The number of pyridine rings is 1. The lowest BCUT2D eigenvalue weighted by Gasteiger charge is -2.12. The van der Waals surface area contributed by atoms with Gasteiger partial charge in [-0.25, -0.2) is 4.98 Å². The molecule has 0 bridgehead atoms. The predicted octanol–water partition coefficient (Wildman–Crippen LogP) is 13.1. The molecule has 4 nitrogen and oxygen atoms in total. The Labute approximate surface area is 303 Å². The van der Waals surface area contributed by atoms with Crippen molar-refractivity contribution >= 4 is 87.4 Å². The first-order chi connectivity index (χ1) is 26.3. The fourth-order valence-electron chi connectivity index (χ4n) is 8.76. The lowest BCUT2D eigenvalue weighted by molar-refractivity contribution is 0.666. The first kappa shape index (κ1) is 28.5. The minimum absolute atomic E-state index is 0.795. The first-order valence-electron chi connectivity index (χ1n) is 18.1. The van der Waals surface area contributed by atoms with Crippen LogP contribution in [0.4, 0.5) is 0 Å². The van der Waals surface area contributed by atoms with Gasteiger partial charge >= 0.3 is 0 Å². The summed E-state index contributed by atoms with van der Waals surface area (Å²) in [6.45, 7) is 0. The number of aromatic nitrogens is 3. The highest BCUT2D eigenvalue weighted by molar-refractivity contribution is 6.22. The van der Waals surface area contributed by atoms with Gasteiger partial charge in [-0.15, -0.1) is 0 Å². The standard InChI is InChI=1S/C49H29N3O/c1-2-13-33(14-3-1)51-43-26-24-32(29-39(43)46-34-15-5-4-12-30(34)22-27-44(46)51)31-23-25-42-38(28-31)35-16-7-10-20-41(35)52(42)48-36-17-6-9-19-40(36)50-47-37-18-8-11-21-45(37)53-49(47)48/h1-29H. The van der Waals surface area contributed by atoms with Gasteiger partial charge in [0.1, 0.15) is 16.8 Å². The van der Waals surface area contributed by atoms with E-state index in [1.165, 1.54) is 54.5 Å². The number of nitrogens with zero attached hydrogens (tertiary/aromatic N) is 3. The van der Waals surface area contributed by atoms with Crippen molar-refractivity contribution in [3.05, 3.63) is 176 Å². The Morgan fingerprint density at radius 3 is 1.89 bits per heavy atom. The highest BCUT2D eigenvalue weighted by Crippen LogP contribution is 2.43. The van der Waals surface area contributed by atoms with Crippen molar-refractivity contribution in [1.82, 2.24) is 14.1 Å². The molecule has 0 aliphatic carbocycles. The van der Waals surface area contributed by atoms with E-state index in [0.29, 0.717) is 0 Å². The Morgan fingerprint density at radius 2 is 1.04 bits per heavy atom. The molecule has 4 aromatic heterocycles. The Bertz CT molecular complexity index is 3460. The van der Waals surface area contributed by atoms with Gasteiger partial charge in [0, 0.05) is 38.0 Å². The Kier molecular flexibility index (Phi) is 5.74. The molecule has 0 aliphatic heterocycles. The number of rotatable bonds is 3. The van der Waals surface area contributed by atoms with Crippen LogP contribution >= 0.6 is 0 Å². The maximum absolute atomic E-state index is 6.66. The number of para-hydroxylation sites is 4. The normalized spacial score (nSPS) is 12.2. The van der Waals surface area contributed by atoms with Gasteiger partial charge < -0.3 is 13.6 Å². The molecule has 0 N–H and O–H groups in total. The minimum Gasteiger partial charge on any atom is -0.452 e. The molecular formula is C49H29N3O. The maximum Gasteiger partial charge on any atom is 0.178 e. The van der Waals surface area contributed by atoms with E-state index in [4.69, 9.17) is 9.40 Å². The summed E-state index contributed by atoms with van der Waals surface area (Å²) >= 11 is 0. The van der Waals surface area contributed by atoms with Crippen molar-refractivity contribution in [2.75, 3.05) is 0 Å². The molecule has 12 rings (SSSR count). The molecule has 0 saturated heterocycles. The van der Waals surface area contributed by atoms with E-state index in [-0.39, 0.29) is 0 Å². The number of furan rings is 1. The summed E-state index contributed by atoms with van der Waals surface area (Å²) in [6.07, 6.45) is 0. The van der Waals surface area contributed by atoms with E-state index < -0.39 is 0 Å². The summed E-state index contributed by atoms with van der Waals surface area (Å²) in [4.78, 5) is 5.13. The monoisotopic (exact) mass is 675 g/mol. The van der Waals surface area contributed by atoms with E-state index in [9.17, 15) is 0 Å². The summed E-state index contributed by atoms with van der Waals surface area (Å²) in [5.41, 5.74) is 12.7. The van der Waals surface area contributed by atoms with Crippen LogP contribution in [0.3, 0.4) is 0 Å². The van der Waals surface area contributed by atoms with Gasteiger partial charge in [0.05, 0.1) is 27.6 Å². The van der Waals surface area contributed by atoms with Crippen molar-refractivity contribution in [3.63, 3.8) is 0 Å². The van der Waals surface area contributed by atoms with E-state index in [2.05, 4.69) is 173 Å². The average Bonchev–Trinajstić information content (AvgIpc) is 3.87. The van der Waals surface area contributed by atoms with Gasteiger partial charge in [-0.2, -0.15) is 0 Å². The van der Waals surface area contributed by atoms with Crippen molar-refractivity contribution in [2.24, 2.45) is 0 Å². The van der Waals surface area contributed by atoms with Crippen molar-refractivity contribution in [2.45, 2.75) is 0 Å². The molecule has 0 radical (unpaired) electrons. The summed E-state index contributed by atoms with van der Waals surface area (Å²) in [5, 5.41) is 9.50. The summed E-state index contributed by atoms with van der Waals surface area (Å²) in [6, 6.07) is 63.1. The third-order valence-corrected chi connectivity index (χ3v) is 11.1. The lowest BCUT2D eigenvalue weighted by atomic mass is 9.99. The number of hydrogen-bond donors (Lipinski definition) is 0. The van der Waals surface area contributed by atoms with Crippen LogP contribution in [-0.4, -0.2) is 14.1 Å². The summed E-state index contributed by atoms with van der Waals surface area (Å²) in [5.74, 6) is 0.